The molecule has 3 nitrogen and oxygen atoms in total. The van der Waals surface area contributed by atoms with Gasteiger partial charge in [0.25, 0.3) is 0 Å². The molecule has 1 fully saturated rings. The van der Waals surface area contributed by atoms with Crippen LogP contribution in [-0.2, 0) is 4.79 Å². The van der Waals surface area contributed by atoms with Gasteiger partial charge in [-0.05, 0) is 50.6 Å². The van der Waals surface area contributed by atoms with Gasteiger partial charge < -0.3 is 10.6 Å². The number of anilines is 1. The Kier molecular flexibility index (Phi) is 5.32. The molecule has 1 aliphatic rings. The molecule has 0 saturated carbocycles. The molecule has 1 amide bonds. The lowest BCUT2D eigenvalue weighted by molar-refractivity contribution is -0.126. The molecule has 0 spiro atoms. The van der Waals surface area contributed by atoms with Gasteiger partial charge in [0.05, 0.1) is 0 Å². The van der Waals surface area contributed by atoms with Gasteiger partial charge in [0, 0.05) is 11.1 Å². The van der Waals surface area contributed by atoms with Crippen molar-refractivity contribution in [2.75, 3.05) is 18.4 Å². The Hall–Kier alpha value is -1.13. The molecule has 1 aromatic rings. The minimum Gasteiger partial charge on any atom is -0.326 e. The Morgan fingerprint density at radius 2 is 2.00 bits per heavy atom. The lowest BCUT2D eigenvalue weighted by Gasteiger charge is -2.32. The summed E-state index contributed by atoms with van der Waals surface area (Å²) in [6.45, 7) is 5.38. The van der Waals surface area contributed by atoms with Gasteiger partial charge in [-0.1, -0.05) is 13.0 Å². The fourth-order valence-corrected chi connectivity index (χ4v) is 2.16. The van der Waals surface area contributed by atoms with Crippen LogP contribution >= 0.6 is 12.4 Å². The van der Waals surface area contributed by atoms with E-state index in [1.165, 1.54) is 6.07 Å². The smallest absolute Gasteiger partial charge is 0.230 e. The molecule has 0 bridgehead atoms. The van der Waals surface area contributed by atoms with Gasteiger partial charge in [-0.25, -0.2) is 4.39 Å². The Balaban J connectivity index is 0.00000180. The highest BCUT2D eigenvalue weighted by molar-refractivity contribution is 5.95. The third-order valence-electron chi connectivity index (χ3n) is 3.68. The number of carbonyl (C=O) groups excluding carboxylic acids is 1. The number of rotatable bonds is 2. The fraction of sp³-hybridized carbons (Fsp3) is 0.500. The topological polar surface area (TPSA) is 41.1 Å². The molecule has 106 valence electrons. The van der Waals surface area contributed by atoms with Crippen LogP contribution in [0.1, 0.15) is 25.3 Å². The fourth-order valence-electron chi connectivity index (χ4n) is 2.16. The van der Waals surface area contributed by atoms with E-state index in [1.54, 1.807) is 19.1 Å². The molecular formula is C14H20ClFN2O. The number of nitrogens with one attached hydrogen (secondary N) is 2. The Morgan fingerprint density at radius 1 is 1.37 bits per heavy atom. The SMILES string of the molecule is Cc1ccc(NC(=O)C2(C)CCNCC2)cc1F.Cl. The van der Waals surface area contributed by atoms with Gasteiger partial charge in [-0.3, -0.25) is 4.79 Å². The number of amides is 1. The highest BCUT2D eigenvalue weighted by Gasteiger charge is 2.34. The maximum absolute atomic E-state index is 13.4. The van der Waals surface area contributed by atoms with E-state index >= 15 is 0 Å². The van der Waals surface area contributed by atoms with Crippen molar-refractivity contribution in [2.45, 2.75) is 26.7 Å². The van der Waals surface area contributed by atoms with Crippen molar-refractivity contribution in [3.63, 3.8) is 0 Å². The van der Waals surface area contributed by atoms with E-state index in [-0.39, 0.29) is 29.5 Å². The summed E-state index contributed by atoms with van der Waals surface area (Å²) < 4.78 is 13.4. The summed E-state index contributed by atoms with van der Waals surface area (Å²) in [4.78, 5) is 12.2. The zero-order chi connectivity index (χ0) is 13.2. The molecule has 2 N–H and O–H groups in total. The lowest BCUT2D eigenvalue weighted by atomic mass is 9.80. The van der Waals surface area contributed by atoms with Crippen LogP contribution in [0, 0.1) is 18.2 Å². The molecule has 5 heteroatoms. The summed E-state index contributed by atoms with van der Waals surface area (Å²) in [6, 6.07) is 4.79. The first kappa shape index (κ1) is 15.9. The molecule has 0 aliphatic carbocycles. The van der Waals surface area contributed by atoms with Crippen LogP contribution in [0.15, 0.2) is 18.2 Å². The predicted molar refractivity (Wildman–Crippen MR) is 77.2 cm³/mol. The summed E-state index contributed by atoms with van der Waals surface area (Å²) in [5.74, 6) is -0.310. The van der Waals surface area contributed by atoms with Crippen molar-refractivity contribution < 1.29 is 9.18 Å². The van der Waals surface area contributed by atoms with E-state index in [4.69, 9.17) is 0 Å². The monoisotopic (exact) mass is 286 g/mol. The maximum Gasteiger partial charge on any atom is 0.230 e. The third kappa shape index (κ3) is 3.67. The first-order valence-electron chi connectivity index (χ1n) is 6.30. The van der Waals surface area contributed by atoms with Gasteiger partial charge in [-0.2, -0.15) is 0 Å². The first-order valence-corrected chi connectivity index (χ1v) is 6.30. The average molecular weight is 287 g/mol. The normalized spacial score (nSPS) is 17.4. The van der Waals surface area contributed by atoms with Gasteiger partial charge in [0.1, 0.15) is 5.82 Å². The van der Waals surface area contributed by atoms with E-state index in [0.717, 1.165) is 25.9 Å². The van der Waals surface area contributed by atoms with E-state index in [2.05, 4.69) is 10.6 Å². The van der Waals surface area contributed by atoms with Crippen LogP contribution in [-0.4, -0.2) is 19.0 Å². The van der Waals surface area contributed by atoms with Crippen LogP contribution in [0.2, 0.25) is 0 Å². The van der Waals surface area contributed by atoms with E-state index in [0.29, 0.717) is 11.3 Å². The van der Waals surface area contributed by atoms with Crippen LogP contribution in [0.25, 0.3) is 0 Å². The number of carbonyl (C=O) groups is 1. The molecule has 0 atom stereocenters. The van der Waals surface area contributed by atoms with E-state index in [1.807, 2.05) is 6.92 Å². The highest BCUT2D eigenvalue weighted by Crippen LogP contribution is 2.29. The standard InChI is InChI=1S/C14H19FN2O.ClH/c1-10-3-4-11(9-12(10)15)17-13(18)14(2)5-7-16-8-6-14;/h3-4,9,16H,5-8H2,1-2H3,(H,17,18);1H. The second kappa shape index (κ2) is 6.35. The first-order chi connectivity index (χ1) is 8.51. The molecule has 1 aromatic carbocycles. The second-order valence-corrected chi connectivity index (χ2v) is 5.23. The second-order valence-electron chi connectivity index (χ2n) is 5.23. The lowest BCUT2D eigenvalue weighted by Crippen LogP contribution is -2.42. The number of aryl methyl sites for hydroxylation is 1. The summed E-state index contributed by atoms with van der Waals surface area (Å²) in [5.41, 5.74) is 0.760. The molecule has 0 radical (unpaired) electrons. The van der Waals surface area contributed by atoms with Gasteiger partial charge in [-0.15, -0.1) is 12.4 Å². The van der Waals surface area contributed by atoms with Crippen LogP contribution in [0.4, 0.5) is 10.1 Å². The number of halogens is 2. The largest absolute Gasteiger partial charge is 0.326 e. The summed E-state index contributed by atoms with van der Waals surface area (Å²) in [5, 5.41) is 6.05. The van der Waals surface area contributed by atoms with E-state index < -0.39 is 0 Å². The average Bonchev–Trinajstić information content (AvgIpc) is 2.35. The minimum absolute atomic E-state index is 0. The number of hydrogen-bond acceptors (Lipinski definition) is 2. The third-order valence-corrected chi connectivity index (χ3v) is 3.68. The van der Waals surface area contributed by atoms with Gasteiger partial charge in [0.15, 0.2) is 0 Å². The molecular weight excluding hydrogens is 267 g/mol. The van der Waals surface area contributed by atoms with Crippen molar-refractivity contribution in [1.82, 2.24) is 5.32 Å². The Labute approximate surface area is 119 Å². The van der Waals surface area contributed by atoms with Crippen LogP contribution in [0.5, 0.6) is 0 Å². The predicted octanol–water partition coefficient (Wildman–Crippen LogP) is 2.88. The zero-order valence-electron chi connectivity index (χ0n) is 11.3. The number of piperidine rings is 1. The molecule has 1 heterocycles. The molecule has 1 saturated heterocycles. The molecule has 2 rings (SSSR count). The minimum atomic E-state index is -0.355. The van der Waals surface area contributed by atoms with Crippen molar-refractivity contribution >= 4 is 24.0 Å². The quantitative estimate of drug-likeness (QED) is 0.878. The van der Waals surface area contributed by atoms with Gasteiger partial charge >= 0.3 is 0 Å². The van der Waals surface area contributed by atoms with E-state index in [9.17, 15) is 9.18 Å². The van der Waals surface area contributed by atoms with Crippen molar-refractivity contribution in [3.8, 4) is 0 Å². The highest BCUT2D eigenvalue weighted by atomic mass is 35.5. The number of hydrogen-bond donors (Lipinski definition) is 2. The van der Waals surface area contributed by atoms with Crippen LogP contribution in [0.3, 0.4) is 0 Å². The zero-order valence-corrected chi connectivity index (χ0v) is 12.1. The molecule has 1 aliphatic heterocycles. The number of benzene rings is 1. The summed E-state index contributed by atoms with van der Waals surface area (Å²) in [6.07, 6.45) is 1.63. The van der Waals surface area contributed by atoms with Crippen molar-refractivity contribution in [3.05, 3.63) is 29.6 Å². The molecule has 0 aromatic heterocycles. The van der Waals surface area contributed by atoms with Crippen LogP contribution < -0.4 is 10.6 Å². The summed E-state index contributed by atoms with van der Waals surface area (Å²) >= 11 is 0. The maximum atomic E-state index is 13.4. The molecule has 19 heavy (non-hydrogen) atoms. The Morgan fingerprint density at radius 3 is 2.58 bits per heavy atom. The Bertz CT molecular complexity index is 459. The van der Waals surface area contributed by atoms with Gasteiger partial charge in [0.2, 0.25) is 5.91 Å². The van der Waals surface area contributed by atoms with Crippen molar-refractivity contribution in [2.24, 2.45) is 5.41 Å². The summed E-state index contributed by atoms with van der Waals surface area (Å²) in [7, 11) is 0. The molecule has 0 unspecified atom stereocenters. The van der Waals surface area contributed by atoms with Crippen molar-refractivity contribution in [1.29, 1.82) is 0 Å².